The average molecular weight is 383 g/mol. The summed E-state index contributed by atoms with van der Waals surface area (Å²) >= 11 is 0. The maximum atomic E-state index is 13.7. The number of amides is 1. The number of hydrogen-bond donors (Lipinski definition) is 3. The van der Waals surface area contributed by atoms with Crippen LogP contribution < -0.4 is 16.4 Å². The highest BCUT2D eigenvalue weighted by Gasteiger charge is 2.36. The van der Waals surface area contributed by atoms with Crippen molar-refractivity contribution in [1.29, 1.82) is 0 Å². The third kappa shape index (κ3) is 5.24. The lowest BCUT2D eigenvalue weighted by Crippen LogP contribution is -2.35. The Balaban J connectivity index is 1.70. The Labute approximate surface area is 157 Å². The highest BCUT2D eigenvalue weighted by atomic mass is 19.3. The predicted octanol–water partition coefficient (Wildman–Crippen LogP) is 2.93. The van der Waals surface area contributed by atoms with Gasteiger partial charge in [0.25, 0.3) is 5.91 Å². The highest BCUT2D eigenvalue weighted by molar-refractivity contribution is 5.97. The second kappa shape index (κ2) is 8.33. The molecule has 2 aliphatic carbocycles. The van der Waals surface area contributed by atoms with E-state index in [1.54, 1.807) is 7.11 Å². The molecule has 1 atom stereocenters. The molecule has 0 saturated heterocycles. The van der Waals surface area contributed by atoms with Gasteiger partial charge in [-0.3, -0.25) is 4.79 Å². The van der Waals surface area contributed by atoms with E-state index in [1.165, 1.54) is 6.20 Å². The maximum absolute atomic E-state index is 13.7. The number of aromatic nitrogens is 2. The fraction of sp³-hybridized carbons (Fsp3) is 0.722. The van der Waals surface area contributed by atoms with Gasteiger partial charge in [-0.1, -0.05) is 0 Å². The van der Waals surface area contributed by atoms with Crippen molar-refractivity contribution >= 4 is 17.7 Å². The lowest BCUT2D eigenvalue weighted by molar-refractivity contribution is -0.0373. The Hall–Kier alpha value is -2.03. The topological polar surface area (TPSA) is 102 Å². The van der Waals surface area contributed by atoms with Crippen LogP contribution >= 0.6 is 0 Å². The number of halogens is 2. The van der Waals surface area contributed by atoms with Crippen LogP contribution in [-0.2, 0) is 4.74 Å². The molecule has 9 heteroatoms. The van der Waals surface area contributed by atoms with Crippen molar-refractivity contribution in [2.75, 3.05) is 17.7 Å². The zero-order valence-electron chi connectivity index (χ0n) is 15.5. The molecule has 27 heavy (non-hydrogen) atoms. The number of carbonyl (C=O) groups excluding carboxylic acids is 1. The van der Waals surface area contributed by atoms with Crippen molar-refractivity contribution in [3.8, 4) is 0 Å². The second-order valence-electron chi connectivity index (χ2n) is 7.47. The third-order valence-electron chi connectivity index (χ3n) is 5.38. The largest absolute Gasteiger partial charge is 0.381 e. The second-order valence-corrected chi connectivity index (χ2v) is 7.47. The molecule has 1 aromatic rings. The van der Waals surface area contributed by atoms with Gasteiger partial charge in [0.2, 0.25) is 11.9 Å². The molecule has 0 aromatic carbocycles. The van der Waals surface area contributed by atoms with Gasteiger partial charge >= 0.3 is 0 Å². The number of nitrogens with two attached hydrogens (primary N) is 1. The van der Waals surface area contributed by atoms with E-state index in [-0.39, 0.29) is 36.4 Å². The maximum Gasteiger partial charge on any atom is 0.254 e. The third-order valence-corrected chi connectivity index (χ3v) is 5.38. The normalized spacial score (nSPS) is 27.7. The number of anilines is 2. The minimum atomic E-state index is -2.70. The van der Waals surface area contributed by atoms with Gasteiger partial charge in [-0.2, -0.15) is 4.98 Å². The number of methoxy groups -OCH3 is 1. The first-order chi connectivity index (χ1) is 12.9. The number of nitrogens with zero attached hydrogens (tertiary/aromatic N) is 2. The molecule has 1 aromatic heterocycles. The molecule has 3 rings (SSSR count). The molecule has 0 spiro atoms. The van der Waals surface area contributed by atoms with Crippen LogP contribution in [-0.4, -0.2) is 47.1 Å². The predicted molar refractivity (Wildman–Crippen MR) is 98.1 cm³/mol. The average Bonchev–Trinajstić information content (AvgIpc) is 2.61. The summed E-state index contributed by atoms with van der Waals surface area (Å²) in [6.45, 7) is 0. The molecule has 7 nitrogen and oxygen atoms in total. The fourth-order valence-corrected chi connectivity index (χ4v) is 3.86. The van der Waals surface area contributed by atoms with E-state index in [1.807, 2.05) is 0 Å². The molecule has 150 valence electrons. The standard InChI is InChI=1S/C18H27F2N5O2/c1-27-13-6-4-11(5-7-13)24-17-22-10-14(15(21)26)16(25-17)23-12-3-2-8-18(19,20)9-12/h10-13H,2-9H2,1H3,(H2,21,26)(H2,22,23,24,25)/t11-,12?,13-. The highest BCUT2D eigenvalue weighted by Crippen LogP contribution is 2.34. The first-order valence-corrected chi connectivity index (χ1v) is 9.47. The number of ether oxygens (including phenoxy) is 1. The Morgan fingerprint density at radius 3 is 2.59 bits per heavy atom. The molecule has 0 bridgehead atoms. The first-order valence-electron chi connectivity index (χ1n) is 9.47. The minimum Gasteiger partial charge on any atom is -0.381 e. The van der Waals surface area contributed by atoms with Crippen molar-refractivity contribution in [1.82, 2.24) is 9.97 Å². The number of rotatable bonds is 6. The Bertz CT molecular complexity index is 665. The summed E-state index contributed by atoms with van der Waals surface area (Å²) in [6.07, 6.45) is 6.04. The van der Waals surface area contributed by atoms with E-state index < -0.39 is 17.9 Å². The molecule has 0 aliphatic heterocycles. The monoisotopic (exact) mass is 383 g/mol. The number of alkyl halides is 2. The van der Waals surface area contributed by atoms with E-state index in [2.05, 4.69) is 20.6 Å². The van der Waals surface area contributed by atoms with Crippen LogP contribution in [0, 0.1) is 0 Å². The Kier molecular flexibility index (Phi) is 6.08. The van der Waals surface area contributed by atoms with Crippen molar-refractivity contribution in [3.05, 3.63) is 11.8 Å². The number of primary amides is 1. The van der Waals surface area contributed by atoms with E-state index >= 15 is 0 Å². The van der Waals surface area contributed by atoms with E-state index in [0.717, 1.165) is 25.7 Å². The Morgan fingerprint density at radius 2 is 1.96 bits per heavy atom. The van der Waals surface area contributed by atoms with Gasteiger partial charge in [-0.15, -0.1) is 0 Å². The summed E-state index contributed by atoms with van der Waals surface area (Å²) < 4.78 is 32.7. The van der Waals surface area contributed by atoms with Crippen LogP contribution in [0.3, 0.4) is 0 Å². The quantitative estimate of drug-likeness (QED) is 0.698. The first kappa shape index (κ1) is 19.7. The Morgan fingerprint density at radius 1 is 1.22 bits per heavy atom. The van der Waals surface area contributed by atoms with Crippen LogP contribution in [0.5, 0.6) is 0 Å². The zero-order valence-corrected chi connectivity index (χ0v) is 15.5. The lowest BCUT2D eigenvalue weighted by Gasteiger charge is -2.30. The molecule has 1 amide bonds. The zero-order chi connectivity index (χ0) is 19.4. The molecular formula is C18H27F2N5O2. The summed E-state index contributed by atoms with van der Waals surface area (Å²) in [5, 5.41) is 6.26. The summed E-state index contributed by atoms with van der Waals surface area (Å²) in [7, 11) is 1.72. The number of hydrogen-bond acceptors (Lipinski definition) is 6. The summed E-state index contributed by atoms with van der Waals surface area (Å²) in [5.74, 6) is -2.80. The number of nitrogens with one attached hydrogen (secondary N) is 2. The van der Waals surface area contributed by atoms with Crippen LogP contribution in [0.4, 0.5) is 20.5 Å². The summed E-state index contributed by atoms with van der Waals surface area (Å²) in [5.41, 5.74) is 5.51. The molecule has 2 saturated carbocycles. The van der Waals surface area contributed by atoms with Crippen molar-refractivity contribution in [2.45, 2.75) is 75.5 Å². The summed E-state index contributed by atoms with van der Waals surface area (Å²) in [6, 6.07) is -0.241. The van der Waals surface area contributed by atoms with E-state index in [9.17, 15) is 13.6 Å². The van der Waals surface area contributed by atoms with E-state index in [0.29, 0.717) is 18.8 Å². The number of carbonyl (C=O) groups is 1. The van der Waals surface area contributed by atoms with Crippen molar-refractivity contribution < 1.29 is 18.3 Å². The van der Waals surface area contributed by atoms with Gasteiger partial charge in [0.1, 0.15) is 5.82 Å². The van der Waals surface area contributed by atoms with Crippen molar-refractivity contribution in [2.24, 2.45) is 5.73 Å². The molecule has 0 radical (unpaired) electrons. The van der Waals surface area contributed by atoms with Gasteiger partial charge in [0, 0.05) is 38.2 Å². The van der Waals surface area contributed by atoms with Gasteiger partial charge in [0.05, 0.1) is 11.7 Å². The molecule has 1 heterocycles. The SMILES string of the molecule is CO[C@H]1CC[C@H](Nc2ncc(C(N)=O)c(NC3CCCC(F)(F)C3)n2)CC1. The molecule has 1 unspecified atom stereocenters. The van der Waals surface area contributed by atoms with Gasteiger partial charge in [-0.05, 0) is 38.5 Å². The van der Waals surface area contributed by atoms with Gasteiger partial charge in [0.15, 0.2) is 0 Å². The van der Waals surface area contributed by atoms with E-state index in [4.69, 9.17) is 10.5 Å². The lowest BCUT2D eigenvalue weighted by atomic mass is 9.92. The van der Waals surface area contributed by atoms with Crippen LogP contribution in [0.25, 0.3) is 0 Å². The van der Waals surface area contributed by atoms with Crippen LogP contribution in [0.1, 0.15) is 61.7 Å². The van der Waals surface area contributed by atoms with Gasteiger partial charge in [-0.25, -0.2) is 13.8 Å². The molecule has 2 fully saturated rings. The molecular weight excluding hydrogens is 356 g/mol. The molecule has 4 N–H and O–H groups in total. The fourth-order valence-electron chi connectivity index (χ4n) is 3.86. The van der Waals surface area contributed by atoms with Crippen LogP contribution in [0.15, 0.2) is 6.20 Å². The van der Waals surface area contributed by atoms with Gasteiger partial charge < -0.3 is 21.1 Å². The van der Waals surface area contributed by atoms with Crippen molar-refractivity contribution in [3.63, 3.8) is 0 Å². The summed E-state index contributed by atoms with van der Waals surface area (Å²) in [4.78, 5) is 20.2. The minimum absolute atomic E-state index is 0.103. The van der Waals surface area contributed by atoms with Crippen LogP contribution in [0.2, 0.25) is 0 Å². The molecule has 2 aliphatic rings. The smallest absolute Gasteiger partial charge is 0.254 e.